The topological polar surface area (TPSA) is 3.24 Å². The van der Waals surface area contributed by atoms with Crippen LogP contribution in [0.4, 0.5) is 0 Å². The summed E-state index contributed by atoms with van der Waals surface area (Å²) in [6, 6.07) is 0. The molecule has 2 saturated carbocycles. The molecule has 0 aromatic carbocycles. The summed E-state index contributed by atoms with van der Waals surface area (Å²) >= 11 is 4.71. The van der Waals surface area contributed by atoms with Crippen molar-refractivity contribution in [2.45, 2.75) is 70.6 Å². The molecule has 2 rings (SSSR count). The SMILES string of the molecule is CN(CC1CCCCC1)CC1(CS)CCCCCC1. The van der Waals surface area contributed by atoms with E-state index in [1.165, 1.54) is 83.7 Å². The summed E-state index contributed by atoms with van der Waals surface area (Å²) in [4.78, 5) is 2.64. The van der Waals surface area contributed by atoms with Crippen LogP contribution in [0.1, 0.15) is 70.6 Å². The fraction of sp³-hybridized carbons (Fsp3) is 1.00. The molecule has 0 aromatic heterocycles. The fourth-order valence-electron chi connectivity index (χ4n) is 4.29. The molecule has 2 aliphatic rings. The highest BCUT2D eigenvalue weighted by molar-refractivity contribution is 7.80. The van der Waals surface area contributed by atoms with Crippen LogP contribution in [-0.4, -0.2) is 30.8 Å². The van der Waals surface area contributed by atoms with E-state index in [-0.39, 0.29) is 0 Å². The van der Waals surface area contributed by atoms with Crippen molar-refractivity contribution in [3.05, 3.63) is 0 Å². The Morgan fingerprint density at radius 1 is 0.947 bits per heavy atom. The van der Waals surface area contributed by atoms with Gasteiger partial charge >= 0.3 is 0 Å². The van der Waals surface area contributed by atoms with E-state index in [1.54, 1.807) is 0 Å². The van der Waals surface area contributed by atoms with Gasteiger partial charge in [0.1, 0.15) is 0 Å². The zero-order valence-corrected chi connectivity index (χ0v) is 13.8. The van der Waals surface area contributed by atoms with Crippen LogP contribution in [0.5, 0.6) is 0 Å². The molecule has 2 aliphatic carbocycles. The largest absolute Gasteiger partial charge is 0.306 e. The van der Waals surface area contributed by atoms with E-state index in [4.69, 9.17) is 12.6 Å². The third kappa shape index (κ3) is 4.97. The molecule has 0 spiro atoms. The van der Waals surface area contributed by atoms with Crippen molar-refractivity contribution in [2.75, 3.05) is 25.9 Å². The fourth-order valence-corrected chi connectivity index (χ4v) is 4.71. The Labute approximate surface area is 125 Å². The average molecular weight is 284 g/mol. The maximum Gasteiger partial charge on any atom is 0.00429 e. The first kappa shape index (κ1) is 15.7. The highest BCUT2D eigenvalue weighted by atomic mass is 32.1. The van der Waals surface area contributed by atoms with Crippen LogP contribution in [-0.2, 0) is 0 Å². The Bertz CT molecular complexity index is 240. The van der Waals surface area contributed by atoms with Crippen LogP contribution in [0.3, 0.4) is 0 Å². The molecule has 19 heavy (non-hydrogen) atoms. The van der Waals surface area contributed by atoms with Gasteiger partial charge in [-0.3, -0.25) is 0 Å². The number of hydrogen-bond donors (Lipinski definition) is 1. The predicted octanol–water partition coefficient (Wildman–Crippen LogP) is 4.77. The van der Waals surface area contributed by atoms with Gasteiger partial charge in [0.2, 0.25) is 0 Å². The molecule has 0 bridgehead atoms. The van der Waals surface area contributed by atoms with Gasteiger partial charge in [-0.25, -0.2) is 0 Å². The molecular weight excluding hydrogens is 250 g/mol. The van der Waals surface area contributed by atoms with Crippen molar-refractivity contribution < 1.29 is 0 Å². The van der Waals surface area contributed by atoms with Crippen LogP contribution < -0.4 is 0 Å². The lowest BCUT2D eigenvalue weighted by molar-refractivity contribution is 0.147. The van der Waals surface area contributed by atoms with Crippen LogP contribution >= 0.6 is 12.6 Å². The minimum atomic E-state index is 0.517. The minimum absolute atomic E-state index is 0.517. The minimum Gasteiger partial charge on any atom is -0.306 e. The molecule has 112 valence electrons. The monoisotopic (exact) mass is 283 g/mol. The average Bonchev–Trinajstić information content (AvgIpc) is 2.66. The van der Waals surface area contributed by atoms with Gasteiger partial charge in [-0.05, 0) is 49.8 Å². The highest BCUT2D eigenvalue weighted by Gasteiger charge is 2.31. The Hall–Kier alpha value is 0.310. The van der Waals surface area contributed by atoms with E-state index in [0.29, 0.717) is 5.41 Å². The molecule has 0 radical (unpaired) electrons. The molecule has 2 fully saturated rings. The van der Waals surface area contributed by atoms with Crippen molar-refractivity contribution in [1.82, 2.24) is 4.90 Å². The second-order valence-electron chi connectivity index (χ2n) is 7.27. The molecule has 0 atom stereocenters. The Balaban J connectivity index is 1.82. The third-order valence-electron chi connectivity index (χ3n) is 5.40. The molecule has 0 saturated heterocycles. The van der Waals surface area contributed by atoms with Gasteiger partial charge in [0.05, 0.1) is 0 Å². The van der Waals surface area contributed by atoms with Crippen molar-refractivity contribution >= 4 is 12.6 Å². The van der Waals surface area contributed by atoms with Crippen molar-refractivity contribution in [1.29, 1.82) is 0 Å². The summed E-state index contributed by atoms with van der Waals surface area (Å²) in [6.07, 6.45) is 15.9. The first-order valence-corrected chi connectivity index (χ1v) is 9.17. The maximum absolute atomic E-state index is 4.71. The lowest BCUT2D eigenvalue weighted by Gasteiger charge is -2.37. The van der Waals surface area contributed by atoms with Gasteiger partial charge in [0.25, 0.3) is 0 Å². The third-order valence-corrected chi connectivity index (χ3v) is 6.07. The summed E-state index contributed by atoms with van der Waals surface area (Å²) in [5.41, 5.74) is 0.517. The smallest absolute Gasteiger partial charge is 0.00429 e. The number of thiol groups is 1. The second kappa shape index (κ2) is 7.93. The normalized spacial score (nSPS) is 25.4. The first-order valence-electron chi connectivity index (χ1n) is 8.53. The quantitative estimate of drug-likeness (QED) is 0.562. The highest BCUT2D eigenvalue weighted by Crippen LogP contribution is 2.37. The molecule has 0 amide bonds. The number of hydrogen-bond acceptors (Lipinski definition) is 2. The Morgan fingerprint density at radius 3 is 2.11 bits per heavy atom. The molecule has 0 aliphatic heterocycles. The molecule has 0 unspecified atom stereocenters. The summed E-state index contributed by atoms with van der Waals surface area (Å²) in [5.74, 6) is 2.06. The lowest BCUT2D eigenvalue weighted by Crippen LogP contribution is -2.39. The molecule has 2 heteroatoms. The molecule has 0 heterocycles. The van der Waals surface area contributed by atoms with Crippen molar-refractivity contribution in [3.8, 4) is 0 Å². The summed E-state index contributed by atoms with van der Waals surface area (Å²) in [7, 11) is 2.35. The standard InChI is InChI=1S/C17H33NS/c1-18(13-16-9-5-4-6-10-16)14-17(15-19)11-7-2-3-8-12-17/h16,19H,2-15H2,1H3. The molecule has 1 nitrogen and oxygen atoms in total. The maximum atomic E-state index is 4.71. The number of nitrogens with zero attached hydrogens (tertiary/aromatic N) is 1. The zero-order valence-electron chi connectivity index (χ0n) is 12.9. The van der Waals surface area contributed by atoms with E-state index in [2.05, 4.69) is 11.9 Å². The van der Waals surface area contributed by atoms with E-state index in [1.807, 2.05) is 0 Å². The van der Waals surface area contributed by atoms with Gasteiger partial charge in [0.15, 0.2) is 0 Å². The van der Waals surface area contributed by atoms with Crippen LogP contribution in [0.15, 0.2) is 0 Å². The van der Waals surface area contributed by atoms with Gasteiger partial charge in [-0.15, -0.1) is 0 Å². The summed E-state index contributed by atoms with van der Waals surface area (Å²) in [5, 5.41) is 0. The van der Waals surface area contributed by atoms with E-state index < -0.39 is 0 Å². The zero-order chi connectivity index (χ0) is 13.6. The van der Waals surface area contributed by atoms with Gasteiger partial charge in [-0.2, -0.15) is 12.6 Å². The Kier molecular flexibility index (Phi) is 6.55. The second-order valence-corrected chi connectivity index (χ2v) is 7.59. The molecule has 0 N–H and O–H groups in total. The van der Waals surface area contributed by atoms with Crippen LogP contribution in [0.25, 0.3) is 0 Å². The van der Waals surface area contributed by atoms with E-state index in [9.17, 15) is 0 Å². The van der Waals surface area contributed by atoms with Gasteiger partial charge < -0.3 is 4.90 Å². The van der Waals surface area contributed by atoms with Crippen LogP contribution in [0, 0.1) is 11.3 Å². The van der Waals surface area contributed by atoms with Crippen LogP contribution in [0.2, 0.25) is 0 Å². The van der Waals surface area contributed by atoms with Gasteiger partial charge in [0, 0.05) is 13.1 Å². The summed E-state index contributed by atoms with van der Waals surface area (Å²) in [6.45, 7) is 2.61. The molecule has 0 aromatic rings. The van der Waals surface area contributed by atoms with Gasteiger partial charge in [-0.1, -0.05) is 44.9 Å². The first-order chi connectivity index (χ1) is 9.24. The predicted molar refractivity (Wildman–Crippen MR) is 88.1 cm³/mol. The molecular formula is C17H33NS. The lowest BCUT2D eigenvalue weighted by atomic mass is 9.81. The van der Waals surface area contributed by atoms with E-state index in [0.717, 1.165) is 11.7 Å². The Morgan fingerprint density at radius 2 is 1.53 bits per heavy atom. The number of rotatable bonds is 5. The van der Waals surface area contributed by atoms with E-state index >= 15 is 0 Å². The summed E-state index contributed by atoms with van der Waals surface area (Å²) < 4.78 is 0. The van der Waals surface area contributed by atoms with Crippen molar-refractivity contribution in [2.24, 2.45) is 11.3 Å². The van der Waals surface area contributed by atoms with Crippen molar-refractivity contribution in [3.63, 3.8) is 0 Å².